The largest absolute Gasteiger partial charge is 0.494 e. The van der Waals surface area contributed by atoms with Crippen LogP contribution in [0.5, 0.6) is 5.75 Å². The monoisotopic (exact) mass is 278 g/mol. The van der Waals surface area contributed by atoms with Crippen molar-refractivity contribution in [1.29, 1.82) is 0 Å². The number of carbonyl (C=O) groups is 1. The summed E-state index contributed by atoms with van der Waals surface area (Å²) >= 11 is 0. The fourth-order valence-electron chi connectivity index (χ4n) is 1.53. The van der Waals surface area contributed by atoms with Crippen molar-refractivity contribution in [2.45, 2.75) is 33.6 Å². The van der Waals surface area contributed by atoms with E-state index in [9.17, 15) is 4.79 Å². The van der Waals surface area contributed by atoms with E-state index in [1.807, 2.05) is 26.0 Å². The summed E-state index contributed by atoms with van der Waals surface area (Å²) in [6.45, 7) is 8.00. The number of ether oxygens (including phenoxy) is 1. The van der Waals surface area contributed by atoms with Crippen LogP contribution in [0.15, 0.2) is 24.3 Å². The standard InChI is InChI=1S/C16H26N2O2/c1-4-5-10-20-14-8-6-13(7-9-14)15(19)18-12-16(2,3)11-17/h6-9H,4-5,10-12,17H2,1-3H3,(H,18,19). The van der Waals surface area contributed by atoms with Gasteiger partial charge in [-0.15, -0.1) is 0 Å². The molecule has 3 N–H and O–H groups in total. The topological polar surface area (TPSA) is 64.3 Å². The molecule has 0 aliphatic carbocycles. The predicted octanol–water partition coefficient (Wildman–Crippen LogP) is 2.58. The molecule has 0 fully saturated rings. The lowest BCUT2D eigenvalue weighted by Crippen LogP contribution is -2.38. The van der Waals surface area contributed by atoms with E-state index >= 15 is 0 Å². The van der Waals surface area contributed by atoms with Gasteiger partial charge in [-0.25, -0.2) is 0 Å². The molecule has 0 bridgehead atoms. The van der Waals surface area contributed by atoms with E-state index in [2.05, 4.69) is 12.2 Å². The Morgan fingerprint density at radius 2 is 1.95 bits per heavy atom. The minimum atomic E-state index is -0.0845. The Balaban J connectivity index is 2.49. The zero-order valence-electron chi connectivity index (χ0n) is 12.7. The number of hydrogen-bond donors (Lipinski definition) is 2. The van der Waals surface area contributed by atoms with Crippen LogP contribution in [0.4, 0.5) is 0 Å². The lowest BCUT2D eigenvalue weighted by molar-refractivity contribution is 0.0938. The Kier molecular flexibility index (Phi) is 6.52. The number of hydrogen-bond acceptors (Lipinski definition) is 3. The van der Waals surface area contributed by atoms with E-state index in [1.54, 1.807) is 12.1 Å². The summed E-state index contributed by atoms with van der Waals surface area (Å²) in [6, 6.07) is 7.23. The van der Waals surface area contributed by atoms with Gasteiger partial charge >= 0.3 is 0 Å². The van der Waals surface area contributed by atoms with Gasteiger partial charge < -0.3 is 15.8 Å². The quantitative estimate of drug-likeness (QED) is 0.718. The number of rotatable bonds is 8. The van der Waals surface area contributed by atoms with E-state index in [0.29, 0.717) is 25.3 Å². The third-order valence-corrected chi connectivity index (χ3v) is 3.16. The lowest BCUT2D eigenvalue weighted by atomic mass is 9.94. The minimum absolute atomic E-state index is 0.0772. The first kappa shape index (κ1) is 16.5. The molecule has 0 unspecified atom stereocenters. The number of carbonyl (C=O) groups excluding carboxylic acids is 1. The Morgan fingerprint density at radius 3 is 2.50 bits per heavy atom. The Morgan fingerprint density at radius 1 is 1.30 bits per heavy atom. The highest BCUT2D eigenvalue weighted by Crippen LogP contribution is 2.14. The first-order valence-corrected chi connectivity index (χ1v) is 7.19. The third kappa shape index (κ3) is 5.61. The van der Waals surface area contributed by atoms with Crippen molar-refractivity contribution in [3.63, 3.8) is 0 Å². The van der Waals surface area contributed by atoms with Gasteiger partial charge in [0.1, 0.15) is 5.75 Å². The summed E-state index contributed by atoms with van der Waals surface area (Å²) < 4.78 is 5.56. The third-order valence-electron chi connectivity index (χ3n) is 3.16. The van der Waals surface area contributed by atoms with Crippen LogP contribution in [0.1, 0.15) is 44.0 Å². The number of nitrogens with one attached hydrogen (secondary N) is 1. The van der Waals surface area contributed by atoms with Crippen molar-refractivity contribution in [3.05, 3.63) is 29.8 Å². The predicted molar refractivity (Wildman–Crippen MR) is 82.0 cm³/mol. The zero-order chi connectivity index (χ0) is 15.0. The SMILES string of the molecule is CCCCOc1ccc(C(=O)NCC(C)(C)CN)cc1. The summed E-state index contributed by atoms with van der Waals surface area (Å²) in [5.74, 6) is 0.726. The Bertz CT molecular complexity index is 413. The number of benzene rings is 1. The van der Waals surface area contributed by atoms with Crippen LogP contribution >= 0.6 is 0 Å². The van der Waals surface area contributed by atoms with E-state index in [0.717, 1.165) is 18.6 Å². The van der Waals surface area contributed by atoms with Crippen molar-refractivity contribution in [1.82, 2.24) is 5.32 Å². The molecule has 0 saturated heterocycles. The van der Waals surface area contributed by atoms with Gasteiger partial charge in [0.2, 0.25) is 0 Å². The fourth-order valence-corrected chi connectivity index (χ4v) is 1.53. The van der Waals surface area contributed by atoms with Gasteiger partial charge in [-0.05, 0) is 42.6 Å². The molecule has 1 aromatic rings. The number of amides is 1. The van der Waals surface area contributed by atoms with Crippen molar-refractivity contribution in [2.24, 2.45) is 11.1 Å². The maximum Gasteiger partial charge on any atom is 0.251 e. The van der Waals surface area contributed by atoms with Crippen molar-refractivity contribution >= 4 is 5.91 Å². The fraction of sp³-hybridized carbons (Fsp3) is 0.562. The molecule has 4 nitrogen and oxygen atoms in total. The van der Waals surface area contributed by atoms with Gasteiger partial charge in [0.05, 0.1) is 6.61 Å². The van der Waals surface area contributed by atoms with E-state index in [1.165, 1.54) is 0 Å². The summed E-state index contributed by atoms with van der Waals surface area (Å²) in [7, 11) is 0. The van der Waals surface area contributed by atoms with Crippen molar-refractivity contribution < 1.29 is 9.53 Å². The molecule has 4 heteroatoms. The lowest BCUT2D eigenvalue weighted by Gasteiger charge is -2.22. The maximum atomic E-state index is 12.0. The van der Waals surface area contributed by atoms with Crippen LogP contribution in [-0.2, 0) is 0 Å². The first-order chi connectivity index (χ1) is 9.48. The second-order valence-corrected chi connectivity index (χ2v) is 5.78. The summed E-state index contributed by atoms with van der Waals surface area (Å²) in [5.41, 5.74) is 6.20. The second-order valence-electron chi connectivity index (χ2n) is 5.78. The van der Waals surface area contributed by atoms with Crippen LogP contribution in [-0.4, -0.2) is 25.6 Å². The van der Waals surface area contributed by atoms with Crippen LogP contribution in [0.2, 0.25) is 0 Å². The average molecular weight is 278 g/mol. The summed E-state index contributed by atoms with van der Waals surface area (Å²) in [5, 5.41) is 2.90. The molecule has 112 valence electrons. The molecule has 0 radical (unpaired) electrons. The van der Waals surface area contributed by atoms with E-state index in [-0.39, 0.29) is 11.3 Å². The van der Waals surface area contributed by atoms with Gasteiger partial charge in [-0.3, -0.25) is 4.79 Å². The van der Waals surface area contributed by atoms with Crippen molar-refractivity contribution in [2.75, 3.05) is 19.7 Å². The van der Waals surface area contributed by atoms with Gasteiger partial charge in [0.25, 0.3) is 5.91 Å². The molecule has 1 rings (SSSR count). The molecule has 20 heavy (non-hydrogen) atoms. The molecule has 1 aromatic carbocycles. The first-order valence-electron chi connectivity index (χ1n) is 7.19. The molecule has 0 aliphatic rings. The summed E-state index contributed by atoms with van der Waals surface area (Å²) in [4.78, 5) is 12.0. The number of nitrogens with two attached hydrogens (primary N) is 1. The van der Waals surface area contributed by atoms with Crippen LogP contribution in [0.3, 0.4) is 0 Å². The molecule has 0 aromatic heterocycles. The van der Waals surface area contributed by atoms with Gasteiger partial charge in [-0.1, -0.05) is 27.2 Å². The Hall–Kier alpha value is -1.55. The molecule has 0 atom stereocenters. The molecule has 0 saturated carbocycles. The molecular weight excluding hydrogens is 252 g/mol. The zero-order valence-corrected chi connectivity index (χ0v) is 12.7. The van der Waals surface area contributed by atoms with E-state index < -0.39 is 0 Å². The minimum Gasteiger partial charge on any atom is -0.494 e. The molecule has 0 heterocycles. The highest BCUT2D eigenvalue weighted by molar-refractivity contribution is 5.94. The molecular formula is C16H26N2O2. The molecule has 0 aliphatic heterocycles. The van der Waals surface area contributed by atoms with Gasteiger partial charge in [-0.2, -0.15) is 0 Å². The number of unbranched alkanes of at least 4 members (excludes halogenated alkanes) is 1. The average Bonchev–Trinajstić information content (AvgIpc) is 2.46. The van der Waals surface area contributed by atoms with Crippen LogP contribution < -0.4 is 15.8 Å². The molecule has 1 amide bonds. The van der Waals surface area contributed by atoms with Gasteiger partial charge in [0.15, 0.2) is 0 Å². The highest BCUT2D eigenvalue weighted by atomic mass is 16.5. The maximum absolute atomic E-state index is 12.0. The smallest absolute Gasteiger partial charge is 0.251 e. The van der Waals surface area contributed by atoms with E-state index in [4.69, 9.17) is 10.5 Å². The van der Waals surface area contributed by atoms with Crippen LogP contribution in [0, 0.1) is 5.41 Å². The van der Waals surface area contributed by atoms with Crippen LogP contribution in [0.25, 0.3) is 0 Å². The Labute approximate surface area is 121 Å². The van der Waals surface area contributed by atoms with Gasteiger partial charge in [0, 0.05) is 12.1 Å². The van der Waals surface area contributed by atoms with Crippen molar-refractivity contribution in [3.8, 4) is 5.75 Å². The molecule has 0 spiro atoms. The highest BCUT2D eigenvalue weighted by Gasteiger charge is 2.17. The second kappa shape index (κ2) is 7.90. The normalized spacial score (nSPS) is 11.2. The summed E-state index contributed by atoms with van der Waals surface area (Å²) in [6.07, 6.45) is 2.15.